The number of carboxylic acids is 1. The van der Waals surface area contributed by atoms with Gasteiger partial charge in [0.2, 0.25) is 0 Å². The number of carbonyl (C=O) groups excluding carboxylic acids is 1. The van der Waals surface area contributed by atoms with E-state index in [1.807, 2.05) is 12.1 Å². The van der Waals surface area contributed by atoms with Crippen LogP contribution in [0.2, 0.25) is 5.02 Å². The fraction of sp³-hybridized carbons (Fsp3) is 0.500. The van der Waals surface area contributed by atoms with E-state index in [0.29, 0.717) is 12.3 Å². The van der Waals surface area contributed by atoms with Crippen LogP contribution in [0.15, 0.2) is 18.2 Å². The molecule has 0 spiro atoms. The van der Waals surface area contributed by atoms with Gasteiger partial charge in [-0.2, -0.15) is 0 Å². The SMILES string of the molecule is O=C([O-])CCc1cccc(C2CCCC2)c1Cl. The Morgan fingerprint density at radius 1 is 1.35 bits per heavy atom. The first-order valence-corrected chi connectivity index (χ1v) is 6.53. The van der Waals surface area contributed by atoms with Crippen LogP contribution in [-0.2, 0) is 11.2 Å². The monoisotopic (exact) mass is 251 g/mol. The van der Waals surface area contributed by atoms with Crippen LogP contribution in [0.4, 0.5) is 0 Å². The number of halogens is 1. The summed E-state index contributed by atoms with van der Waals surface area (Å²) in [5.74, 6) is -0.460. The summed E-state index contributed by atoms with van der Waals surface area (Å²) in [5, 5.41) is 11.2. The van der Waals surface area contributed by atoms with E-state index in [0.717, 1.165) is 10.6 Å². The number of hydrogen-bond acceptors (Lipinski definition) is 2. The Labute approximate surface area is 107 Å². The minimum atomic E-state index is -1.02. The third kappa shape index (κ3) is 3.01. The quantitative estimate of drug-likeness (QED) is 0.826. The fourth-order valence-electron chi connectivity index (χ4n) is 2.58. The molecule has 0 heterocycles. The number of hydrogen-bond donors (Lipinski definition) is 0. The van der Waals surface area contributed by atoms with Gasteiger partial charge >= 0.3 is 0 Å². The van der Waals surface area contributed by atoms with Gasteiger partial charge < -0.3 is 9.90 Å². The van der Waals surface area contributed by atoms with Crippen molar-refractivity contribution in [2.24, 2.45) is 0 Å². The molecule has 17 heavy (non-hydrogen) atoms. The van der Waals surface area contributed by atoms with E-state index in [-0.39, 0.29) is 6.42 Å². The molecule has 0 N–H and O–H groups in total. The van der Waals surface area contributed by atoms with Crippen LogP contribution >= 0.6 is 11.6 Å². The second-order valence-corrected chi connectivity index (χ2v) is 5.05. The first-order chi connectivity index (χ1) is 8.18. The molecule has 0 amide bonds. The lowest BCUT2D eigenvalue weighted by atomic mass is 9.94. The molecule has 1 aromatic carbocycles. The van der Waals surface area contributed by atoms with Crippen LogP contribution in [0.3, 0.4) is 0 Å². The molecule has 2 rings (SSSR count). The van der Waals surface area contributed by atoms with Gasteiger partial charge in [0.05, 0.1) is 0 Å². The van der Waals surface area contributed by atoms with Crippen molar-refractivity contribution in [1.82, 2.24) is 0 Å². The first kappa shape index (κ1) is 12.4. The first-order valence-electron chi connectivity index (χ1n) is 6.15. The highest BCUT2D eigenvalue weighted by Gasteiger charge is 2.20. The van der Waals surface area contributed by atoms with Crippen molar-refractivity contribution in [2.75, 3.05) is 0 Å². The number of carbonyl (C=O) groups is 1. The molecule has 0 atom stereocenters. The molecule has 3 heteroatoms. The minimum absolute atomic E-state index is 0.0356. The van der Waals surface area contributed by atoms with Crippen molar-refractivity contribution in [2.45, 2.75) is 44.4 Å². The zero-order valence-corrected chi connectivity index (χ0v) is 10.5. The lowest BCUT2D eigenvalue weighted by molar-refractivity contribution is -0.305. The molecule has 0 unspecified atom stereocenters. The summed E-state index contributed by atoms with van der Waals surface area (Å²) in [6, 6.07) is 5.95. The summed E-state index contributed by atoms with van der Waals surface area (Å²) >= 11 is 6.36. The van der Waals surface area contributed by atoms with Crippen molar-refractivity contribution >= 4 is 17.6 Å². The lowest BCUT2D eigenvalue weighted by Crippen LogP contribution is -2.22. The van der Waals surface area contributed by atoms with Crippen LogP contribution in [0, 0.1) is 0 Å². The summed E-state index contributed by atoms with van der Waals surface area (Å²) in [4.78, 5) is 10.5. The molecule has 0 saturated heterocycles. The summed E-state index contributed by atoms with van der Waals surface area (Å²) in [5.41, 5.74) is 2.13. The summed E-state index contributed by atoms with van der Waals surface area (Å²) in [7, 11) is 0. The number of aryl methyl sites for hydroxylation is 1. The van der Waals surface area contributed by atoms with Crippen LogP contribution in [-0.4, -0.2) is 5.97 Å². The molecule has 1 aromatic rings. The van der Waals surface area contributed by atoms with E-state index in [9.17, 15) is 9.90 Å². The van der Waals surface area contributed by atoms with Gasteiger partial charge in [-0.3, -0.25) is 0 Å². The maximum atomic E-state index is 10.5. The van der Waals surface area contributed by atoms with E-state index in [1.54, 1.807) is 0 Å². The number of aliphatic carboxylic acids is 1. The molecule has 0 bridgehead atoms. The Kier molecular flexibility index (Phi) is 4.06. The smallest absolute Gasteiger partial charge is 0.0472 e. The zero-order chi connectivity index (χ0) is 12.3. The summed E-state index contributed by atoms with van der Waals surface area (Å²) in [6.45, 7) is 0. The van der Waals surface area contributed by atoms with Crippen molar-refractivity contribution in [3.63, 3.8) is 0 Å². The molecule has 1 fully saturated rings. The molecule has 1 aliphatic carbocycles. The third-order valence-electron chi connectivity index (χ3n) is 3.50. The number of carboxylic acid groups (broad SMARTS) is 1. The predicted molar refractivity (Wildman–Crippen MR) is 66.0 cm³/mol. The molecule has 2 nitrogen and oxygen atoms in total. The zero-order valence-electron chi connectivity index (χ0n) is 9.75. The number of rotatable bonds is 4. The van der Waals surface area contributed by atoms with Crippen molar-refractivity contribution < 1.29 is 9.90 Å². The van der Waals surface area contributed by atoms with Crippen LogP contribution in [0.1, 0.15) is 49.1 Å². The average Bonchev–Trinajstić information content (AvgIpc) is 2.81. The van der Waals surface area contributed by atoms with E-state index in [2.05, 4.69) is 6.07 Å². The van der Waals surface area contributed by atoms with Gasteiger partial charge in [-0.05, 0) is 42.7 Å². The maximum absolute atomic E-state index is 10.5. The minimum Gasteiger partial charge on any atom is -0.550 e. The van der Waals surface area contributed by atoms with Gasteiger partial charge in [0.1, 0.15) is 0 Å². The number of benzene rings is 1. The highest BCUT2D eigenvalue weighted by molar-refractivity contribution is 6.32. The van der Waals surface area contributed by atoms with E-state index in [1.165, 1.54) is 31.2 Å². The second kappa shape index (κ2) is 5.54. The Bertz CT molecular complexity index is 409. The van der Waals surface area contributed by atoms with Crippen molar-refractivity contribution in [1.29, 1.82) is 0 Å². The molecule has 1 aliphatic rings. The highest BCUT2D eigenvalue weighted by Crippen LogP contribution is 2.38. The third-order valence-corrected chi connectivity index (χ3v) is 3.96. The molecule has 0 aromatic heterocycles. The van der Waals surface area contributed by atoms with Gasteiger partial charge in [-0.1, -0.05) is 42.6 Å². The van der Waals surface area contributed by atoms with Gasteiger partial charge in [-0.25, -0.2) is 0 Å². The van der Waals surface area contributed by atoms with Crippen LogP contribution in [0.5, 0.6) is 0 Å². The molecular weight excluding hydrogens is 236 g/mol. The van der Waals surface area contributed by atoms with E-state index in [4.69, 9.17) is 11.6 Å². The topological polar surface area (TPSA) is 40.1 Å². The Hall–Kier alpha value is -1.02. The van der Waals surface area contributed by atoms with Crippen molar-refractivity contribution in [3.05, 3.63) is 34.3 Å². The molecule has 0 aliphatic heterocycles. The Morgan fingerprint density at radius 3 is 2.71 bits per heavy atom. The standard InChI is InChI=1S/C14H17ClO2/c15-14-11(8-9-13(16)17)6-3-7-12(14)10-4-1-2-5-10/h3,6-7,10H,1-2,4-5,8-9H2,(H,16,17)/p-1. The largest absolute Gasteiger partial charge is 0.550 e. The molecule has 1 saturated carbocycles. The van der Waals surface area contributed by atoms with Gasteiger partial charge in [0, 0.05) is 11.0 Å². The molecular formula is C14H16ClO2-. The Balaban J connectivity index is 2.17. The normalized spacial score (nSPS) is 16.3. The van der Waals surface area contributed by atoms with Crippen molar-refractivity contribution in [3.8, 4) is 0 Å². The fourth-order valence-corrected chi connectivity index (χ4v) is 2.96. The van der Waals surface area contributed by atoms with Crippen LogP contribution in [0.25, 0.3) is 0 Å². The molecule has 92 valence electrons. The molecule has 0 radical (unpaired) electrons. The second-order valence-electron chi connectivity index (χ2n) is 4.67. The predicted octanol–water partition coefficient (Wildman–Crippen LogP) is 2.68. The van der Waals surface area contributed by atoms with E-state index < -0.39 is 5.97 Å². The maximum Gasteiger partial charge on any atom is 0.0472 e. The average molecular weight is 252 g/mol. The highest BCUT2D eigenvalue weighted by atomic mass is 35.5. The summed E-state index contributed by atoms with van der Waals surface area (Å²) in [6.07, 6.45) is 5.43. The van der Waals surface area contributed by atoms with Crippen LogP contribution < -0.4 is 5.11 Å². The Morgan fingerprint density at radius 2 is 2.06 bits per heavy atom. The van der Waals surface area contributed by atoms with Gasteiger partial charge in [0.15, 0.2) is 0 Å². The lowest BCUT2D eigenvalue weighted by Gasteiger charge is -2.15. The van der Waals surface area contributed by atoms with Gasteiger partial charge in [-0.15, -0.1) is 0 Å². The summed E-state index contributed by atoms with van der Waals surface area (Å²) < 4.78 is 0. The van der Waals surface area contributed by atoms with E-state index >= 15 is 0 Å². The van der Waals surface area contributed by atoms with Gasteiger partial charge in [0.25, 0.3) is 0 Å².